The maximum absolute atomic E-state index is 14.5. The Bertz CT molecular complexity index is 1130. The van der Waals surface area contributed by atoms with E-state index < -0.39 is 59.2 Å². The van der Waals surface area contributed by atoms with E-state index in [1.807, 2.05) is 0 Å². The molecule has 2 aliphatic rings. The Kier molecular flexibility index (Phi) is 5.93. The van der Waals surface area contributed by atoms with Crippen LogP contribution in [0.5, 0.6) is 5.75 Å². The summed E-state index contributed by atoms with van der Waals surface area (Å²) in [6.45, 7) is 2.05. The van der Waals surface area contributed by atoms with Gasteiger partial charge in [-0.15, -0.1) is 0 Å². The highest BCUT2D eigenvalue weighted by Crippen LogP contribution is 2.56. The molecule has 2 aliphatic heterocycles. The molecule has 2 aromatic rings. The Morgan fingerprint density at radius 2 is 2.00 bits per heavy atom. The van der Waals surface area contributed by atoms with Gasteiger partial charge in [-0.2, -0.15) is 17.6 Å². The van der Waals surface area contributed by atoms with Crippen molar-refractivity contribution in [2.75, 3.05) is 12.4 Å². The van der Waals surface area contributed by atoms with Gasteiger partial charge >= 0.3 is 6.18 Å². The SMILES string of the molecule is COc1c([C@H]2C(C3Nc4ccnc(C(N)=O)c4CO3)O[C@@](C)(C(F)(F)F)[C@H]2C)ccc(F)c1F. The van der Waals surface area contributed by atoms with Crippen molar-refractivity contribution in [1.29, 1.82) is 0 Å². The Morgan fingerprint density at radius 3 is 2.62 bits per heavy atom. The number of hydrogen-bond acceptors (Lipinski definition) is 6. The van der Waals surface area contributed by atoms with Gasteiger partial charge in [-0.05, 0) is 19.1 Å². The minimum Gasteiger partial charge on any atom is -0.493 e. The molecule has 0 spiro atoms. The van der Waals surface area contributed by atoms with Gasteiger partial charge in [0, 0.05) is 34.8 Å². The van der Waals surface area contributed by atoms with E-state index in [0.29, 0.717) is 11.3 Å². The van der Waals surface area contributed by atoms with Gasteiger partial charge in [0.2, 0.25) is 5.82 Å². The second-order valence-electron chi connectivity index (χ2n) is 8.41. The van der Waals surface area contributed by atoms with Crippen LogP contribution in [0, 0.1) is 17.6 Å². The van der Waals surface area contributed by atoms with Crippen molar-refractivity contribution < 1.29 is 41.0 Å². The molecule has 5 atom stereocenters. The molecule has 4 rings (SSSR count). The number of carbonyl (C=O) groups excluding carboxylic acids is 1. The number of nitrogens with one attached hydrogen (secondary N) is 1. The van der Waals surface area contributed by atoms with E-state index in [2.05, 4.69) is 10.3 Å². The molecule has 0 radical (unpaired) electrons. The second kappa shape index (κ2) is 8.35. The number of benzene rings is 1. The molecule has 0 aliphatic carbocycles. The highest BCUT2D eigenvalue weighted by Gasteiger charge is 2.66. The number of alkyl halides is 3. The van der Waals surface area contributed by atoms with Crippen LogP contribution in [0.15, 0.2) is 24.4 Å². The van der Waals surface area contributed by atoms with Crippen molar-refractivity contribution in [1.82, 2.24) is 4.98 Å². The molecule has 7 nitrogen and oxygen atoms in total. The van der Waals surface area contributed by atoms with Crippen LogP contribution in [0.4, 0.5) is 27.6 Å². The number of fused-ring (bicyclic) bond motifs is 1. The summed E-state index contributed by atoms with van der Waals surface area (Å²) in [6, 6.07) is 3.53. The number of pyridine rings is 1. The zero-order valence-corrected chi connectivity index (χ0v) is 18.4. The lowest BCUT2D eigenvalue weighted by atomic mass is 9.76. The summed E-state index contributed by atoms with van der Waals surface area (Å²) in [7, 11) is 1.10. The van der Waals surface area contributed by atoms with Gasteiger partial charge < -0.3 is 25.3 Å². The molecular weight excluding hydrogens is 465 g/mol. The number of halogens is 5. The number of primary amides is 1. The average Bonchev–Trinajstić information content (AvgIpc) is 3.06. The minimum atomic E-state index is -4.78. The molecule has 184 valence electrons. The molecule has 3 N–H and O–H groups in total. The maximum Gasteiger partial charge on any atom is 0.417 e. The quantitative estimate of drug-likeness (QED) is 0.636. The van der Waals surface area contributed by atoms with Crippen molar-refractivity contribution in [3.8, 4) is 5.75 Å². The first kappa shape index (κ1) is 24.1. The second-order valence-corrected chi connectivity index (χ2v) is 8.41. The molecular formula is C22H22F5N3O4. The van der Waals surface area contributed by atoms with Crippen LogP contribution >= 0.6 is 0 Å². The number of hydrogen-bond donors (Lipinski definition) is 2. The van der Waals surface area contributed by atoms with E-state index in [1.54, 1.807) is 0 Å². The van der Waals surface area contributed by atoms with Crippen LogP contribution in [0.3, 0.4) is 0 Å². The van der Waals surface area contributed by atoms with Gasteiger partial charge in [-0.1, -0.05) is 13.0 Å². The zero-order chi connectivity index (χ0) is 25.0. The predicted octanol–water partition coefficient (Wildman–Crippen LogP) is 3.88. The number of carbonyl (C=O) groups is 1. The molecule has 2 unspecified atom stereocenters. The Labute approximate surface area is 191 Å². The summed E-state index contributed by atoms with van der Waals surface area (Å²) >= 11 is 0. The topological polar surface area (TPSA) is 95.7 Å². The lowest BCUT2D eigenvalue weighted by Crippen LogP contribution is -2.48. The van der Waals surface area contributed by atoms with Crippen LogP contribution in [0.25, 0.3) is 0 Å². The fourth-order valence-corrected chi connectivity index (χ4v) is 4.66. The van der Waals surface area contributed by atoms with E-state index >= 15 is 0 Å². The molecule has 3 heterocycles. The predicted molar refractivity (Wildman–Crippen MR) is 109 cm³/mol. The van der Waals surface area contributed by atoms with Crippen LogP contribution in [-0.4, -0.2) is 42.1 Å². The Morgan fingerprint density at radius 1 is 1.29 bits per heavy atom. The lowest BCUT2D eigenvalue weighted by molar-refractivity contribution is -0.280. The summed E-state index contributed by atoms with van der Waals surface area (Å²) < 4.78 is 87.1. The molecule has 1 saturated heterocycles. The normalized spacial score (nSPS) is 28.8. The molecule has 12 heteroatoms. The molecule has 1 fully saturated rings. The number of anilines is 1. The first-order valence-electron chi connectivity index (χ1n) is 10.3. The van der Waals surface area contributed by atoms with Crippen molar-refractivity contribution in [3.05, 3.63) is 52.9 Å². The molecule has 0 bridgehead atoms. The first-order valence-corrected chi connectivity index (χ1v) is 10.3. The number of rotatable bonds is 4. The molecule has 1 aromatic heterocycles. The molecule has 1 amide bonds. The summed E-state index contributed by atoms with van der Waals surface area (Å²) in [4.78, 5) is 15.6. The summed E-state index contributed by atoms with van der Waals surface area (Å²) in [6.07, 6.45) is -5.88. The Hall–Kier alpha value is -2.99. The number of aromatic nitrogens is 1. The van der Waals surface area contributed by atoms with Crippen LogP contribution < -0.4 is 15.8 Å². The number of amides is 1. The lowest BCUT2D eigenvalue weighted by Gasteiger charge is -2.35. The van der Waals surface area contributed by atoms with Crippen molar-refractivity contribution in [2.24, 2.45) is 11.7 Å². The van der Waals surface area contributed by atoms with E-state index in [1.165, 1.54) is 25.3 Å². The summed E-state index contributed by atoms with van der Waals surface area (Å²) in [5.41, 5.74) is 3.41. The van der Waals surface area contributed by atoms with Gasteiger partial charge in [0.15, 0.2) is 23.4 Å². The van der Waals surface area contributed by atoms with E-state index in [9.17, 15) is 26.7 Å². The first-order chi connectivity index (χ1) is 15.9. The highest BCUT2D eigenvalue weighted by molar-refractivity contribution is 5.93. The third-order valence-corrected chi connectivity index (χ3v) is 6.64. The van der Waals surface area contributed by atoms with Crippen molar-refractivity contribution >= 4 is 11.6 Å². The number of nitrogens with two attached hydrogens (primary N) is 1. The summed E-state index contributed by atoms with van der Waals surface area (Å²) in [5.74, 6) is -6.15. The van der Waals surface area contributed by atoms with Gasteiger partial charge in [-0.25, -0.2) is 4.39 Å². The summed E-state index contributed by atoms with van der Waals surface area (Å²) in [5, 5.41) is 2.94. The number of ether oxygens (including phenoxy) is 3. The van der Waals surface area contributed by atoms with E-state index in [-0.39, 0.29) is 17.9 Å². The van der Waals surface area contributed by atoms with Gasteiger partial charge in [0.1, 0.15) is 11.8 Å². The van der Waals surface area contributed by atoms with Crippen LogP contribution in [0.2, 0.25) is 0 Å². The van der Waals surface area contributed by atoms with Crippen molar-refractivity contribution in [2.45, 2.75) is 50.5 Å². The number of nitrogens with zero attached hydrogens (tertiary/aromatic N) is 1. The largest absolute Gasteiger partial charge is 0.493 e. The standard InChI is InChI=1S/C22H22F5N3O4/c1-9-14(10-4-5-12(23)15(24)17(10)32-3)18(34-21(9,2)22(25,26)27)20-30-13-6-7-29-16(19(28)31)11(13)8-33-20/h4-7,9,14,18,20,30H,8H2,1-3H3,(H2,28,31)/t9-,14-,18?,20?,21+/m0/s1. The van der Waals surface area contributed by atoms with Crippen molar-refractivity contribution in [3.63, 3.8) is 0 Å². The minimum absolute atomic E-state index is 0.00984. The van der Waals surface area contributed by atoms with Gasteiger partial charge in [-0.3, -0.25) is 9.78 Å². The van der Waals surface area contributed by atoms with Gasteiger partial charge in [0.05, 0.1) is 13.7 Å². The smallest absolute Gasteiger partial charge is 0.417 e. The Balaban J connectivity index is 1.80. The third kappa shape index (κ3) is 3.65. The zero-order valence-electron chi connectivity index (χ0n) is 18.4. The average molecular weight is 487 g/mol. The van der Waals surface area contributed by atoms with Crippen LogP contribution in [0.1, 0.15) is 41.4 Å². The molecule has 1 aromatic carbocycles. The number of methoxy groups -OCH3 is 1. The molecule has 34 heavy (non-hydrogen) atoms. The highest BCUT2D eigenvalue weighted by atomic mass is 19.4. The fourth-order valence-electron chi connectivity index (χ4n) is 4.66. The van der Waals surface area contributed by atoms with E-state index in [4.69, 9.17) is 19.9 Å². The van der Waals surface area contributed by atoms with E-state index in [0.717, 1.165) is 20.1 Å². The monoisotopic (exact) mass is 487 g/mol. The van der Waals surface area contributed by atoms with Crippen LogP contribution in [-0.2, 0) is 16.1 Å². The fraction of sp³-hybridized carbons (Fsp3) is 0.455. The maximum atomic E-state index is 14.5. The third-order valence-electron chi connectivity index (χ3n) is 6.64. The van der Waals surface area contributed by atoms with Gasteiger partial charge in [0.25, 0.3) is 5.91 Å². The molecule has 0 saturated carbocycles.